The third-order valence-electron chi connectivity index (χ3n) is 1.71. The summed E-state index contributed by atoms with van der Waals surface area (Å²) in [5.41, 5.74) is -0.397. The number of nitrogens with zero attached hydrogens (tertiary/aromatic N) is 2. The summed E-state index contributed by atoms with van der Waals surface area (Å²) in [7, 11) is 0. The van der Waals surface area contributed by atoms with Gasteiger partial charge in [-0.15, -0.1) is 13.1 Å². The van der Waals surface area contributed by atoms with Crippen molar-refractivity contribution in [3.05, 3.63) is 5.32 Å². The van der Waals surface area contributed by atoms with Crippen molar-refractivity contribution < 1.29 is 46.4 Å². The summed E-state index contributed by atoms with van der Waals surface area (Å²) in [6.45, 7) is 8.47. The number of carbonyl (C=O) groups is 1. The summed E-state index contributed by atoms with van der Waals surface area (Å²) < 4.78 is 5.22. The Morgan fingerprint density at radius 2 is 1.79 bits per heavy atom. The summed E-state index contributed by atoms with van der Waals surface area (Å²) in [6, 6.07) is 0. The SMILES string of the molecule is CC(C)(C)OC(=O)N1CC[N-]CC1.[Tm]. The van der Waals surface area contributed by atoms with Crippen molar-refractivity contribution in [1.29, 1.82) is 0 Å². The molecular formula is C9H17N2O2Tm-. The van der Waals surface area contributed by atoms with E-state index in [1.54, 1.807) is 4.90 Å². The van der Waals surface area contributed by atoms with Gasteiger partial charge in [0.15, 0.2) is 0 Å². The normalized spacial score (nSPS) is 17.2. The number of hydrogen-bond donors (Lipinski definition) is 0. The molecule has 0 atom stereocenters. The first-order chi connectivity index (χ1) is 5.99. The fourth-order valence-electron chi connectivity index (χ4n) is 1.12. The minimum absolute atomic E-state index is 0. The Hall–Kier alpha value is 0.464. The van der Waals surface area contributed by atoms with Crippen molar-refractivity contribution in [3.63, 3.8) is 0 Å². The monoisotopic (exact) mass is 354 g/mol. The molecule has 0 aromatic rings. The zero-order valence-corrected chi connectivity index (χ0v) is 10.6. The van der Waals surface area contributed by atoms with Crippen molar-refractivity contribution in [1.82, 2.24) is 4.90 Å². The molecule has 1 amide bonds. The standard InChI is InChI=1S/C9H17N2O2.Tm/c1-9(2,3)13-8(12)11-6-4-10-5-7-11;/h4-7H2,1-3H3;/q-1;. The van der Waals surface area contributed by atoms with Crippen LogP contribution in [0.15, 0.2) is 0 Å². The number of amides is 1. The maximum absolute atomic E-state index is 11.5. The van der Waals surface area contributed by atoms with Crippen LogP contribution in [-0.4, -0.2) is 42.8 Å². The Labute approximate surface area is 115 Å². The van der Waals surface area contributed by atoms with Gasteiger partial charge >= 0.3 is 6.09 Å². The van der Waals surface area contributed by atoms with Crippen LogP contribution in [0.3, 0.4) is 0 Å². The van der Waals surface area contributed by atoms with Gasteiger partial charge in [0.25, 0.3) is 0 Å². The van der Waals surface area contributed by atoms with Gasteiger partial charge in [-0.2, -0.15) is 0 Å². The third-order valence-corrected chi connectivity index (χ3v) is 1.71. The largest absolute Gasteiger partial charge is 0.659 e. The fourth-order valence-corrected chi connectivity index (χ4v) is 1.12. The average molecular weight is 354 g/mol. The maximum atomic E-state index is 11.5. The number of piperazine rings is 1. The number of rotatable bonds is 0. The van der Waals surface area contributed by atoms with Gasteiger partial charge in [-0.25, -0.2) is 4.79 Å². The molecule has 0 saturated carbocycles. The topological polar surface area (TPSA) is 43.6 Å². The molecule has 0 aromatic carbocycles. The molecule has 1 radical (unpaired) electrons. The van der Waals surface area contributed by atoms with E-state index in [2.05, 4.69) is 5.32 Å². The summed E-state index contributed by atoms with van der Waals surface area (Å²) in [5.74, 6) is 0. The molecule has 4 nitrogen and oxygen atoms in total. The minimum atomic E-state index is -0.397. The number of ether oxygens (including phenoxy) is 1. The van der Waals surface area contributed by atoms with Gasteiger partial charge in [-0.1, -0.05) is 0 Å². The van der Waals surface area contributed by atoms with Crippen LogP contribution < -0.4 is 0 Å². The molecule has 1 fully saturated rings. The number of hydrogen-bond acceptors (Lipinski definition) is 2. The first-order valence-electron chi connectivity index (χ1n) is 4.60. The van der Waals surface area contributed by atoms with E-state index in [4.69, 9.17) is 4.74 Å². The van der Waals surface area contributed by atoms with E-state index in [1.165, 1.54) is 0 Å². The molecule has 1 aliphatic heterocycles. The quantitative estimate of drug-likeness (QED) is 0.664. The second-order valence-corrected chi connectivity index (χ2v) is 4.14. The van der Waals surface area contributed by atoms with Crippen LogP contribution in [0.5, 0.6) is 0 Å². The van der Waals surface area contributed by atoms with Gasteiger partial charge in [0.05, 0.1) is 0 Å². The van der Waals surface area contributed by atoms with Crippen molar-refractivity contribution in [2.75, 3.05) is 26.2 Å². The van der Waals surface area contributed by atoms with Gasteiger partial charge in [-0.3, -0.25) is 0 Å². The Kier molecular flexibility index (Phi) is 6.34. The van der Waals surface area contributed by atoms with E-state index in [-0.39, 0.29) is 43.0 Å². The van der Waals surface area contributed by atoms with E-state index in [9.17, 15) is 4.79 Å². The molecule has 0 N–H and O–H groups in total. The van der Waals surface area contributed by atoms with Gasteiger partial charge in [0, 0.05) is 50.0 Å². The Morgan fingerprint density at radius 1 is 1.29 bits per heavy atom. The molecule has 0 bridgehead atoms. The smallest absolute Gasteiger partial charge is 0.410 e. The number of carbonyl (C=O) groups excluding carboxylic acids is 1. The second kappa shape index (κ2) is 6.14. The Balaban J connectivity index is 0.00000169. The first kappa shape index (κ1) is 14.5. The zero-order valence-electron chi connectivity index (χ0n) is 8.82. The van der Waals surface area contributed by atoms with Crippen LogP contribution in [0.1, 0.15) is 20.8 Å². The molecule has 0 unspecified atom stereocenters. The molecule has 0 aromatic heterocycles. The second-order valence-electron chi connectivity index (χ2n) is 4.14. The summed E-state index contributed by atoms with van der Waals surface area (Å²) >= 11 is 0. The van der Waals surface area contributed by atoms with E-state index < -0.39 is 5.60 Å². The molecule has 1 aliphatic rings. The Morgan fingerprint density at radius 3 is 2.21 bits per heavy atom. The average Bonchev–Trinajstić information content (AvgIpc) is 2.03. The van der Waals surface area contributed by atoms with E-state index in [1.807, 2.05) is 20.8 Å². The predicted molar refractivity (Wildman–Crippen MR) is 50.9 cm³/mol. The molecule has 5 heteroatoms. The maximum Gasteiger partial charge on any atom is 0.410 e. The van der Waals surface area contributed by atoms with Gasteiger partial charge in [-0.05, 0) is 20.8 Å². The molecule has 1 heterocycles. The molecule has 0 aliphatic carbocycles. The molecule has 89 valence electrons. The van der Waals surface area contributed by atoms with E-state index in [0.717, 1.165) is 13.1 Å². The summed E-state index contributed by atoms with van der Waals surface area (Å²) in [6.07, 6.45) is -0.220. The fraction of sp³-hybridized carbons (Fsp3) is 0.889. The van der Waals surface area contributed by atoms with Crippen LogP contribution >= 0.6 is 0 Å². The predicted octanol–water partition coefficient (Wildman–Crippen LogP) is 1.61. The van der Waals surface area contributed by atoms with Crippen LogP contribution in [-0.2, 0) is 4.74 Å². The van der Waals surface area contributed by atoms with Crippen LogP contribution in [0.4, 0.5) is 4.79 Å². The van der Waals surface area contributed by atoms with E-state index in [0.29, 0.717) is 13.1 Å². The van der Waals surface area contributed by atoms with Crippen LogP contribution in [0.25, 0.3) is 5.32 Å². The Bertz CT molecular complexity index is 186. The molecular weight excluding hydrogens is 337 g/mol. The van der Waals surface area contributed by atoms with Gasteiger partial charge in [0.1, 0.15) is 5.60 Å². The van der Waals surface area contributed by atoms with Crippen molar-refractivity contribution in [3.8, 4) is 0 Å². The van der Waals surface area contributed by atoms with Crippen LogP contribution in [0.2, 0.25) is 0 Å². The zero-order chi connectivity index (χ0) is 9.90. The molecule has 14 heavy (non-hydrogen) atoms. The minimum Gasteiger partial charge on any atom is -0.659 e. The summed E-state index contributed by atoms with van der Waals surface area (Å²) in [4.78, 5) is 13.2. The first-order valence-corrected chi connectivity index (χ1v) is 4.60. The van der Waals surface area contributed by atoms with Crippen molar-refractivity contribution in [2.45, 2.75) is 26.4 Å². The van der Waals surface area contributed by atoms with Gasteiger partial charge < -0.3 is 15.0 Å². The van der Waals surface area contributed by atoms with Crippen molar-refractivity contribution in [2.24, 2.45) is 0 Å². The van der Waals surface area contributed by atoms with Crippen molar-refractivity contribution >= 4 is 6.09 Å². The molecule has 0 spiro atoms. The van der Waals surface area contributed by atoms with Crippen LogP contribution in [0, 0.1) is 36.9 Å². The van der Waals surface area contributed by atoms with E-state index >= 15 is 0 Å². The molecule has 1 saturated heterocycles. The third kappa shape index (κ3) is 5.37. The molecule has 1 rings (SSSR count). The van der Waals surface area contributed by atoms with Gasteiger partial charge in [0.2, 0.25) is 0 Å². The summed E-state index contributed by atoms with van der Waals surface area (Å²) in [5, 5.41) is 4.16.